The van der Waals surface area contributed by atoms with Gasteiger partial charge in [0, 0.05) is 12.4 Å². The van der Waals surface area contributed by atoms with Crippen molar-refractivity contribution in [3.63, 3.8) is 0 Å². The maximum atomic E-state index is 13.6. The van der Waals surface area contributed by atoms with Crippen molar-refractivity contribution in [3.05, 3.63) is 53.6 Å². The fourth-order valence-corrected chi connectivity index (χ4v) is 1.67. The lowest BCUT2D eigenvalue weighted by molar-refractivity contribution is 0.0682. The van der Waals surface area contributed by atoms with Gasteiger partial charge >= 0.3 is 11.9 Å². The van der Waals surface area contributed by atoms with Crippen LogP contribution < -0.4 is 0 Å². The molecule has 0 aliphatic rings. The zero-order valence-corrected chi connectivity index (χ0v) is 9.50. The quantitative estimate of drug-likeness (QED) is 0.884. The van der Waals surface area contributed by atoms with Crippen LogP contribution in [-0.4, -0.2) is 27.1 Å². The third-order valence-corrected chi connectivity index (χ3v) is 2.56. The normalized spacial score (nSPS) is 10.2. The SMILES string of the molecule is O=C(O)c1ccc(-c2ccncc2C(=O)O)cc1F. The molecule has 2 aromatic rings. The van der Waals surface area contributed by atoms with Crippen LogP contribution in [0.4, 0.5) is 4.39 Å². The van der Waals surface area contributed by atoms with E-state index in [2.05, 4.69) is 4.98 Å². The van der Waals surface area contributed by atoms with Crippen LogP contribution in [0, 0.1) is 5.82 Å². The number of hydrogen-bond acceptors (Lipinski definition) is 3. The molecule has 0 saturated heterocycles. The molecule has 0 amide bonds. The standard InChI is InChI=1S/C13H8FNO4/c14-11-5-7(1-2-9(11)12(16)17)8-3-4-15-6-10(8)13(18)19/h1-6H,(H,16,17)(H,18,19). The molecule has 96 valence electrons. The lowest BCUT2D eigenvalue weighted by Crippen LogP contribution is -2.03. The Morgan fingerprint density at radius 2 is 1.74 bits per heavy atom. The van der Waals surface area contributed by atoms with Crippen LogP contribution in [0.3, 0.4) is 0 Å². The molecule has 5 nitrogen and oxygen atoms in total. The van der Waals surface area contributed by atoms with E-state index in [9.17, 15) is 14.0 Å². The van der Waals surface area contributed by atoms with E-state index >= 15 is 0 Å². The molecule has 1 aromatic carbocycles. The summed E-state index contributed by atoms with van der Waals surface area (Å²) < 4.78 is 13.6. The van der Waals surface area contributed by atoms with Crippen molar-refractivity contribution in [2.24, 2.45) is 0 Å². The number of pyridine rings is 1. The molecule has 0 saturated carbocycles. The topological polar surface area (TPSA) is 87.5 Å². The predicted molar refractivity (Wildman–Crippen MR) is 63.5 cm³/mol. The van der Waals surface area contributed by atoms with Gasteiger partial charge in [0.05, 0.1) is 11.1 Å². The monoisotopic (exact) mass is 261 g/mol. The van der Waals surface area contributed by atoms with E-state index in [-0.39, 0.29) is 16.7 Å². The van der Waals surface area contributed by atoms with Gasteiger partial charge in [0.2, 0.25) is 0 Å². The van der Waals surface area contributed by atoms with Crippen molar-refractivity contribution >= 4 is 11.9 Å². The molecule has 0 aliphatic heterocycles. The summed E-state index contributed by atoms with van der Waals surface area (Å²) in [5.41, 5.74) is 0.0142. The first-order valence-electron chi connectivity index (χ1n) is 5.21. The average Bonchev–Trinajstić information content (AvgIpc) is 2.38. The van der Waals surface area contributed by atoms with E-state index in [4.69, 9.17) is 10.2 Å². The van der Waals surface area contributed by atoms with Crippen molar-refractivity contribution in [2.45, 2.75) is 0 Å². The smallest absolute Gasteiger partial charge is 0.338 e. The minimum Gasteiger partial charge on any atom is -0.478 e. The molecule has 1 aromatic heterocycles. The van der Waals surface area contributed by atoms with Gasteiger partial charge in [-0.2, -0.15) is 0 Å². The molecule has 2 N–H and O–H groups in total. The van der Waals surface area contributed by atoms with Crippen molar-refractivity contribution in [3.8, 4) is 11.1 Å². The highest BCUT2D eigenvalue weighted by atomic mass is 19.1. The van der Waals surface area contributed by atoms with Crippen molar-refractivity contribution in [1.82, 2.24) is 4.98 Å². The van der Waals surface area contributed by atoms with Gasteiger partial charge in [0.15, 0.2) is 0 Å². The Balaban J connectivity index is 2.57. The highest BCUT2D eigenvalue weighted by Crippen LogP contribution is 2.25. The maximum Gasteiger partial charge on any atom is 0.338 e. The molecule has 0 bridgehead atoms. The number of hydrogen-bond donors (Lipinski definition) is 2. The summed E-state index contributed by atoms with van der Waals surface area (Å²) in [5, 5.41) is 17.7. The summed E-state index contributed by atoms with van der Waals surface area (Å²) in [6, 6.07) is 4.87. The summed E-state index contributed by atoms with van der Waals surface area (Å²) >= 11 is 0. The summed E-state index contributed by atoms with van der Waals surface area (Å²) in [7, 11) is 0. The van der Waals surface area contributed by atoms with Crippen LogP contribution in [0.25, 0.3) is 11.1 Å². The highest BCUT2D eigenvalue weighted by molar-refractivity contribution is 5.96. The van der Waals surface area contributed by atoms with E-state index in [1.165, 1.54) is 18.3 Å². The van der Waals surface area contributed by atoms with E-state index in [1.807, 2.05) is 0 Å². The molecule has 2 rings (SSSR count). The number of carboxylic acid groups (broad SMARTS) is 2. The molecule has 6 heteroatoms. The molecule has 1 heterocycles. The number of carbonyl (C=O) groups is 2. The minimum absolute atomic E-state index is 0.0787. The van der Waals surface area contributed by atoms with Crippen molar-refractivity contribution in [1.29, 1.82) is 0 Å². The van der Waals surface area contributed by atoms with Gasteiger partial charge in [0.25, 0.3) is 0 Å². The number of aromatic carboxylic acids is 2. The summed E-state index contributed by atoms with van der Waals surface area (Å²) in [5.74, 6) is -3.48. The Labute approximate surface area is 107 Å². The zero-order valence-electron chi connectivity index (χ0n) is 9.50. The van der Waals surface area contributed by atoms with Crippen molar-refractivity contribution < 1.29 is 24.2 Å². The van der Waals surface area contributed by atoms with Crippen LogP contribution in [-0.2, 0) is 0 Å². The molecule has 0 aliphatic carbocycles. The zero-order chi connectivity index (χ0) is 14.0. The van der Waals surface area contributed by atoms with Crippen LogP contribution >= 0.6 is 0 Å². The maximum absolute atomic E-state index is 13.6. The van der Waals surface area contributed by atoms with E-state index in [1.54, 1.807) is 0 Å². The highest BCUT2D eigenvalue weighted by Gasteiger charge is 2.15. The van der Waals surface area contributed by atoms with Crippen LogP contribution in [0.15, 0.2) is 36.7 Å². The van der Waals surface area contributed by atoms with Gasteiger partial charge in [-0.1, -0.05) is 6.07 Å². The number of benzene rings is 1. The van der Waals surface area contributed by atoms with Gasteiger partial charge in [0.1, 0.15) is 5.82 Å². The van der Waals surface area contributed by atoms with Gasteiger partial charge < -0.3 is 10.2 Å². The Kier molecular flexibility index (Phi) is 3.24. The average molecular weight is 261 g/mol. The number of nitrogens with zero attached hydrogens (tertiary/aromatic N) is 1. The Morgan fingerprint density at radius 3 is 2.32 bits per heavy atom. The second-order valence-corrected chi connectivity index (χ2v) is 3.73. The predicted octanol–water partition coefficient (Wildman–Crippen LogP) is 2.28. The summed E-state index contributed by atoms with van der Waals surface area (Å²) in [6.07, 6.45) is 2.53. The Morgan fingerprint density at radius 1 is 1.05 bits per heavy atom. The van der Waals surface area contributed by atoms with Crippen LogP contribution in [0.1, 0.15) is 20.7 Å². The second kappa shape index (κ2) is 4.85. The molecule has 0 radical (unpaired) electrons. The Bertz CT molecular complexity index is 669. The molecule has 0 spiro atoms. The summed E-state index contributed by atoms with van der Waals surface area (Å²) in [6.45, 7) is 0. The number of rotatable bonds is 3. The molecule has 0 unspecified atom stereocenters. The summed E-state index contributed by atoms with van der Waals surface area (Å²) in [4.78, 5) is 25.4. The number of carboxylic acids is 2. The minimum atomic E-state index is -1.38. The largest absolute Gasteiger partial charge is 0.478 e. The fraction of sp³-hybridized carbons (Fsp3) is 0. The fourth-order valence-electron chi connectivity index (χ4n) is 1.67. The molecule has 0 atom stereocenters. The third-order valence-electron chi connectivity index (χ3n) is 2.56. The number of aromatic nitrogens is 1. The van der Waals surface area contributed by atoms with Crippen molar-refractivity contribution in [2.75, 3.05) is 0 Å². The lowest BCUT2D eigenvalue weighted by atomic mass is 10.0. The van der Waals surface area contributed by atoms with E-state index in [0.717, 1.165) is 18.3 Å². The Hall–Kier alpha value is -2.76. The first-order chi connectivity index (χ1) is 9.00. The van der Waals surface area contributed by atoms with E-state index in [0.29, 0.717) is 0 Å². The third kappa shape index (κ3) is 2.42. The van der Waals surface area contributed by atoms with Gasteiger partial charge in [-0.3, -0.25) is 4.98 Å². The van der Waals surface area contributed by atoms with Gasteiger partial charge in [-0.25, -0.2) is 14.0 Å². The lowest BCUT2D eigenvalue weighted by Gasteiger charge is -2.06. The second-order valence-electron chi connectivity index (χ2n) is 3.73. The molecule has 19 heavy (non-hydrogen) atoms. The first kappa shape index (κ1) is 12.7. The van der Waals surface area contributed by atoms with Crippen LogP contribution in [0.2, 0.25) is 0 Å². The van der Waals surface area contributed by atoms with E-state index < -0.39 is 23.3 Å². The van der Waals surface area contributed by atoms with Gasteiger partial charge in [-0.05, 0) is 29.3 Å². The molecular formula is C13H8FNO4. The van der Waals surface area contributed by atoms with Crippen LogP contribution in [0.5, 0.6) is 0 Å². The molecular weight excluding hydrogens is 253 g/mol. The van der Waals surface area contributed by atoms with Gasteiger partial charge in [-0.15, -0.1) is 0 Å². The molecule has 0 fully saturated rings. The number of halogens is 1. The first-order valence-corrected chi connectivity index (χ1v) is 5.21.